The van der Waals surface area contributed by atoms with Crippen molar-refractivity contribution in [1.29, 1.82) is 0 Å². The second-order valence-electron chi connectivity index (χ2n) is 5.01. The summed E-state index contributed by atoms with van der Waals surface area (Å²) in [5.74, 6) is 1.18. The number of carbonyl (C=O) groups excluding carboxylic acids is 1. The maximum absolute atomic E-state index is 11.9. The fourth-order valence-corrected chi connectivity index (χ4v) is 2.06. The van der Waals surface area contributed by atoms with Gasteiger partial charge in [0.15, 0.2) is 0 Å². The molecule has 1 rings (SSSR count). The standard InChI is InChI=1S/C16H26N2O2/c1-4-13(11-17)10-16(19)18-12(3)14-6-8-15(9-7-14)20-5-2/h6-9,12-13H,4-5,10-11,17H2,1-3H3,(H,18,19). The van der Waals surface area contributed by atoms with Gasteiger partial charge in [0, 0.05) is 6.42 Å². The highest BCUT2D eigenvalue weighted by Crippen LogP contribution is 2.18. The summed E-state index contributed by atoms with van der Waals surface area (Å²) in [7, 11) is 0. The molecule has 0 aliphatic carbocycles. The third kappa shape index (κ3) is 5.21. The van der Waals surface area contributed by atoms with Gasteiger partial charge < -0.3 is 15.8 Å². The number of ether oxygens (including phenoxy) is 1. The quantitative estimate of drug-likeness (QED) is 0.768. The van der Waals surface area contributed by atoms with Gasteiger partial charge >= 0.3 is 0 Å². The molecular formula is C16H26N2O2. The Hall–Kier alpha value is -1.55. The van der Waals surface area contributed by atoms with E-state index in [1.54, 1.807) is 0 Å². The molecule has 4 heteroatoms. The van der Waals surface area contributed by atoms with Crippen molar-refractivity contribution in [3.8, 4) is 5.75 Å². The highest BCUT2D eigenvalue weighted by Gasteiger charge is 2.13. The molecule has 0 aliphatic heterocycles. The lowest BCUT2D eigenvalue weighted by molar-refractivity contribution is -0.122. The number of nitrogens with one attached hydrogen (secondary N) is 1. The SMILES string of the molecule is CCOc1ccc(C(C)NC(=O)CC(CC)CN)cc1. The first-order valence-electron chi connectivity index (χ1n) is 7.32. The summed E-state index contributed by atoms with van der Waals surface area (Å²) < 4.78 is 5.40. The molecule has 0 saturated carbocycles. The largest absolute Gasteiger partial charge is 0.494 e. The summed E-state index contributed by atoms with van der Waals surface area (Å²) in [5, 5.41) is 3.01. The highest BCUT2D eigenvalue weighted by molar-refractivity contribution is 5.76. The topological polar surface area (TPSA) is 64.3 Å². The molecule has 0 saturated heterocycles. The summed E-state index contributed by atoms with van der Waals surface area (Å²) in [6.07, 6.45) is 1.43. The Bertz CT molecular complexity index is 399. The third-order valence-electron chi connectivity index (χ3n) is 3.45. The van der Waals surface area contributed by atoms with Crippen molar-refractivity contribution in [2.45, 2.75) is 39.7 Å². The average Bonchev–Trinajstić information content (AvgIpc) is 2.45. The zero-order valence-electron chi connectivity index (χ0n) is 12.7. The number of carbonyl (C=O) groups is 1. The minimum atomic E-state index is -0.00606. The molecule has 1 aromatic carbocycles. The van der Waals surface area contributed by atoms with Gasteiger partial charge in [-0.25, -0.2) is 0 Å². The van der Waals surface area contributed by atoms with Gasteiger partial charge in [0.1, 0.15) is 5.75 Å². The molecule has 112 valence electrons. The Balaban J connectivity index is 2.52. The van der Waals surface area contributed by atoms with Crippen molar-refractivity contribution in [3.05, 3.63) is 29.8 Å². The van der Waals surface area contributed by atoms with Gasteiger partial charge in [-0.3, -0.25) is 4.79 Å². The van der Waals surface area contributed by atoms with Crippen molar-refractivity contribution in [2.24, 2.45) is 11.7 Å². The lowest BCUT2D eigenvalue weighted by Crippen LogP contribution is -2.30. The fraction of sp³-hybridized carbons (Fsp3) is 0.562. The number of amides is 1. The van der Waals surface area contributed by atoms with E-state index in [0.29, 0.717) is 19.6 Å². The first kappa shape index (κ1) is 16.5. The monoisotopic (exact) mass is 278 g/mol. The maximum atomic E-state index is 11.9. The van der Waals surface area contributed by atoms with Gasteiger partial charge in [0.25, 0.3) is 0 Å². The molecule has 0 heterocycles. The molecule has 3 N–H and O–H groups in total. The number of benzene rings is 1. The van der Waals surface area contributed by atoms with Crippen molar-refractivity contribution in [2.75, 3.05) is 13.2 Å². The van der Waals surface area contributed by atoms with Crippen molar-refractivity contribution in [3.63, 3.8) is 0 Å². The Morgan fingerprint density at radius 1 is 1.30 bits per heavy atom. The van der Waals surface area contributed by atoms with Crippen LogP contribution in [0.4, 0.5) is 0 Å². The molecule has 20 heavy (non-hydrogen) atoms. The summed E-state index contributed by atoms with van der Waals surface area (Å²) >= 11 is 0. The van der Waals surface area contributed by atoms with Crippen LogP contribution in [-0.2, 0) is 4.79 Å². The molecule has 0 radical (unpaired) electrons. The summed E-state index contributed by atoms with van der Waals surface area (Å²) in [4.78, 5) is 11.9. The zero-order valence-corrected chi connectivity index (χ0v) is 12.7. The number of nitrogens with two attached hydrogens (primary N) is 1. The fourth-order valence-electron chi connectivity index (χ4n) is 2.06. The van der Waals surface area contributed by atoms with Crippen LogP contribution >= 0.6 is 0 Å². The van der Waals surface area contributed by atoms with E-state index in [-0.39, 0.29) is 17.9 Å². The van der Waals surface area contributed by atoms with Crippen LogP contribution in [-0.4, -0.2) is 19.1 Å². The second kappa shape index (κ2) is 8.59. The van der Waals surface area contributed by atoms with E-state index in [0.717, 1.165) is 17.7 Å². The lowest BCUT2D eigenvalue weighted by atomic mass is 10.0. The normalized spacial score (nSPS) is 13.6. The second-order valence-corrected chi connectivity index (χ2v) is 5.01. The van der Waals surface area contributed by atoms with Gasteiger partial charge in [-0.2, -0.15) is 0 Å². The predicted octanol–water partition coefficient (Wildman–Crippen LogP) is 2.64. The first-order chi connectivity index (χ1) is 9.60. The molecule has 0 aromatic heterocycles. The Labute approximate surface area is 121 Å². The van der Waals surface area contributed by atoms with E-state index in [2.05, 4.69) is 12.2 Å². The number of hydrogen-bond donors (Lipinski definition) is 2. The molecule has 0 bridgehead atoms. The molecule has 0 aliphatic rings. The molecule has 0 fully saturated rings. The average molecular weight is 278 g/mol. The van der Waals surface area contributed by atoms with E-state index in [1.165, 1.54) is 0 Å². The van der Waals surface area contributed by atoms with E-state index < -0.39 is 0 Å². The van der Waals surface area contributed by atoms with Crippen LogP contribution in [0, 0.1) is 5.92 Å². The van der Waals surface area contributed by atoms with Crippen LogP contribution in [0.5, 0.6) is 5.75 Å². The van der Waals surface area contributed by atoms with E-state index >= 15 is 0 Å². The molecule has 1 aromatic rings. The van der Waals surface area contributed by atoms with Crippen molar-refractivity contribution < 1.29 is 9.53 Å². The highest BCUT2D eigenvalue weighted by atomic mass is 16.5. The van der Waals surface area contributed by atoms with Gasteiger partial charge in [0.2, 0.25) is 5.91 Å². The summed E-state index contributed by atoms with van der Waals surface area (Å²) in [6, 6.07) is 7.81. The smallest absolute Gasteiger partial charge is 0.220 e. The first-order valence-corrected chi connectivity index (χ1v) is 7.32. The molecule has 4 nitrogen and oxygen atoms in total. The van der Waals surface area contributed by atoms with Gasteiger partial charge in [0.05, 0.1) is 12.6 Å². The van der Waals surface area contributed by atoms with Crippen LogP contribution in [0.1, 0.15) is 45.2 Å². The van der Waals surface area contributed by atoms with Crippen LogP contribution < -0.4 is 15.8 Å². The van der Waals surface area contributed by atoms with Crippen LogP contribution in [0.25, 0.3) is 0 Å². The van der Waals surface area contributed by atoms with Gasteiger partial charge in [-0.15, -0.1) is 0 Å². The number of hydrogen-bond acceptors (Lipinski definition) is 3. The van der Waals surface area contributed by atoms with Crippen LogP contribution in [0.2, 0.25) is 0 Å². The van der Waals surface area contributed by atoms with E-state index in [4.69, 9.17) is 10.5 Å². The number of rotatable bonds is 8. The molecule has 2 unspecified atom stereocenters. The Morgan fingerprint density at radius 3 is 2.45 bits per heavy atom. The Morgan fingerprint density at radius 2 is 1.95 bits per heavy atom. The van der Waals surface area contributed by atoms with Crippen molar-refractivity contribution in [1.82, 2.24) is 5.32 Å². The summed E-state index contributed by atoms with van der Waals surface area (Å²) in [5.41, 5.74) is 6.70. The van der Waals surface area contributed by atoms with Crippen LogP contribution in [0.15, 0.2) is 24.3 Å². The minimum absolute atomic E-state index is 0.00606. The molecular weight excluding hydrogens is 252 g/mol. The molecule has 1 amide bonds. The minimum Gasteiger partial charge on any atom is -0.494 e. The molecule has 2 atom stereocenters. The predicted molar refractivity (Wildman–Crippen MR) is 81.6 cm³/mol. The van der Waals surface area contributed by atoms with E-state index in [1.807, 2.05) is 38.1 Å². The van der Waals surface area contributed by atoms with E-state index in [9.17, 15) is 4.79 Å². The molecule has 0 spiro atoms. The Kier molecular flexibility index (Phi) is 7.09. The maximum Gasteiger partial charge on any atom is 0.220 e. The third-order valence-corrected chi connectivity index (χ3v) is 3.45. The van der Waals surface area contributed by atoms with Crippen molar-refractivity contribution >= 4 is 5.91 Å². The van der Waals surface area contributed by atoms with Gasteiger partial charge in [-0.05, 0) is 44.0 Å². The lowest BCUT2D eigenvalue weighted by Gasteiger charge is -2.17. The van der Waals surface area contributed by atoms with Gasteiger partial charge in [-0.1, -0.05) is 25.5 Å². The zero-order chi connectivity index (χ0) is 15.0. The summed E-state index contributed by atoms with van der Waals surface area (Å²) in [6.45, 7) is 7.21. The van der Waals surface area contributed by atoms with Crippen LogP contribution in [0.3, 0.4) is 0 Å².